The molecular weight excluding hydrogens is 302 g/mol. The Bertz CT molecular complexity index is 955. The van der Waals surface area contributed by atoms with Crippen molar-refractivity contribution in [3.8, 4) is 0 Å². The van der Waals surface area contributed by atoms with Crippen LogP contribution in [0.2, 0.25) is 5.02 Å². The number of nitrogens with zero attached hydrogens (tertiary/aromatic N) is 2. The zero-order valence-corrected chi connectivity index (χ0v) is 12.0. The van der Waals surface area contributed by atoms with Crippen LogP contribution >= 0.6 is 11.6 Å². The molecule has 106 valence electrons. The lowest BCUT2D eigenvalue weighted by atomic mass is 10.3. The van der Waals surface area contributed by atoms with Gasteiger partial charge < -0.3 is 0 Å². The second kappa shape index (κ2) is 4.61. The molecule has 0 unspecified atom stereocenters. The second-order valence-corrected chi connectivity index (χ2v) is 5.37. The number of carbonyl (C=O) groups is 2. The van der Waals surface area contributed by atoms with Crippen LogP contribution in [-0.4, -0.2) is 11.9 Å². The van der Waals surface area contributed by atoms with Gasteiger partial charge in [0.05, 0.1) is 0 Å². The number of nitrogens with one attached hydrogen (secondary N) is 1. The molecule has 3 aromatic rings. The molecule has 2 amide bonds. The lowest BCUT2D eigenvalue weighted by molar-refractivity contribution is -0.551. The fourth-order valence-electron chi connectivity index (χ4n) is 2.64. The highest BCUT2D eigenvalue weighted by Gasteiger charge is 2.49. The Morgan fingerprint density at radius 3 is 2.68 bits per heavy atom. The van der Waals surface area contributed by atoms with Crippen molar-refractivity contribution in [2.24, 2.45) is 0 Å². The summed E-state index contributed by atoms with van der Waals surface area (Å²) in [7, 11) is 0. The van der Waals surface area contributed by atoms with Crippen LogP contribution in [0, 0.1) is 0 Å². The van der Waals surface area contributed by atoms with Gasteiger partial charge in [-0.1, -0.05) is 29.8 Å². The number of benzene rings is 2. The van der Waals surface area contributed by atoms with E-state index in [-0.39, 0.29) is 5.91 Å². The van der Waals surface area contributed by atoms with E-state index in [4.69, 9.17) is 11.6 Å². The molecule has 0 aliphatic carbocycles. The maximum Gasteiger partial charge on any atom is 0.512 e. The summed E-state index contributed by atoms with van der Waals surface area (Å²) in [5.74, 6) is -0.380. The van der Waals surface area contributed by atoms with E-state index in [9.17, 15) is 9.59 Å². The average molecular weight is 312 g/mol. The predicted molar refractivity (Wildman–Crippen MR) is 79.8 cm³/mol. The highest BCUT2D eigenvalue weighted by molar-refractivity contribution is 6.31. The van der Waals surface area contributed by atoms with Gasteiger partial charge in [-0.3, -0.25) is 0 Å². The molecule has 2 aromatic carbocycles. The third-order valence-electron chi connectivity index (χ3n) is 3.62. The molecule has 5 nitrogen and oxygen atoms in total. The molecule has 1 aliphatic rings. The maximum atomic E-state index is 12.7. The Morgan fingerprint density at radius 2 is 1.86 bits per heavy atom. The van der Waals surface area contributed by atoms with Crippen LogP contribution in [0.3, 0.4) is 0 Å². The van der Waals surface area contributed by atoms with Gasteiger partial charge in [0, 0.05) is 17.2 Å². The van der Waals surface area contributed by atoms with Gasteiger partial charge in [-0.2, -0.15) is 4.79 Å². The largest absolute Gasteiger partial charge is 0.512 e. The lowest BCUT2D eigenvalue weighted by Crippen LogP contribution is -2.47. The van der Waals surface area contributed by atoms with Crippen molar-refractivity contribution in [2.75, 3.05) is 4.90 Å². The number of imide groups is 1. The molecule has 1 aromatic heterocycles. The molecule has 0 atom stereocenters. The number of H-pyrrole nitrogens is 1. The topological polar surface area (TPSA) is 55.4 Å². The first-order valence-electron chi connectivity index (χ1n) is 6.66. The minimum atomic E-state index is -0.410. The first kappa shape index (κ1) is 12.9. The van der Waals surface area contributed by atoms with Crippen molar-refractivity contribution in [3.63, 3.8) is 0 Å². The molecular formula is C16H10ClN3O2+2. The SMILES string of the molecule is O=C1c2c[nH+]c3ccccc3[n+]2C(=O)N1c1cccc(Cl)c1. The van der Waals surface area contributed by atoms with Gasteiger partial charge in [-0.25, -0.2) is 9.78 Å². The summed E-state index contributed by atoms with van der Waals surface area (Å²) in [6.07, 6.45) is 1.55. The molecule has 0 radical (unpaired) electrons. The zero-order valence-electron chi connectivity index (χ0n) is 11.3. The van der Waals surface area contributed by atoms with E-state index in [1.54, 1.807) is 36.5 Å². The van der Waals surface area contributed by atoms with Crippen LogP contribution in [-0.2, 0) is 0 Å². The van der Waals surface area contributed by atoms with E-state index in [2.05, 4.69) is 4.98 Å². The predicted octanol–water partition coefficient (Wildman–Crippen LogP) is 2.22. The van der Waals surface area contributed by atoms with Gasteiger partial charge in [-0.15, -0.1) is 9.47 Å². The molecule has 0 saturated carbocycles. The molecule has 1 aliphatic heterocycles. The highest BCUT2D eigenvalue weighted by Crippen LogP contribution is 2.24. The molecule has 0 fully saturated rings. The Kier molecular flexibility index (Phi) is 2.71. The molecule has 6 heteroatoms. The molecule has 0 spiro atoms. The first-order valence-corrected chi connectivity index (χ1v) is 7.04. The molecule has 1 N–H and O–H groups in total. The van der Waals surface area contributed by atoms with Crippen molar-refractivity contribution in [3.05, 3.63) is 65.4 Å². The molecule has 22 heavy (non-hydrogen) atoms. The third kappa shape index (κ3) is 1.72. The summed E-state index contributed by atoms with van der Waals surface area (Å²) in [6, 6.07) is 13.6. The Hall–Kier alpha value is -2.79. The number of aromatic nitrogens is 2. The van der Waals surface area contributed by atoms with Crippen LogP contribution in [0.5, 0.6) is 0 Å². The van der Waals surface area contributed by atoms with Crippen LogP contribution in [0.4, 0.5) is 10.5 Å². The van der Waals surface area contributed by atoms with Crippen LogP contribution in [0.25, 0.3) is 11.0 Å². The van der Waals surface area contributed by atoms with Crippen LogP contribution in [0.15, 0.2) is 54.7 Å². The fourth-order valence-corrected chi connectivity index (χ4v) is 2.82. The highest BCUT2D eigenvalue weighted by atomic mass is 35.5. The summed E-state index contributed by atoms with van der Waals surface area (Å²) in [6.45, 7) is 0. The number of aromatic amines is 1. The van der Waals surface area contributed by atoms with E-state index < -0.39 is 6.03 Å². The van der Waals surface area contributed by atoms with Gasteiger partial charge in [0.2, 0.25) is 11.7 Å². The summed E-state index contributed by atoms with van der Waals surface area (Å²) in [5, 5.41) is 0.468. The smallest absolute Gasteiger partial charge is 0.236 e. The molecule has 4 rings (SSSR count). The number of fused-ring (bicyclic) bond motifs is 3. The number of para-hydroxylation sites is 2. The van der Waals surface area contributed by atoms with E-state index in [0.29, 0.717) is 21.9 Å². The number of rotatable bonds is 1. The van der Waals surface area contributed by atoms with Gasteiger partial charge in [-0.05, 0) is 18.2 Å². The van der Waals surface area contributed by atoms with E-state index in [1.807, 2.05) is 18.2 Å². The summed E-state index contributed by atoms with van der Waals surface area (Å²) >= 11 is 5.96. The lowest BCUT2D eigenvalue weighted by Gasteiger charge is -2.04. The third-order valence-corrected chi connectivity index (χ3v) is 3.86. The number of hydrogen-bond acceptors (Lipinski definition) is 2. The second-order valence-electron chi connectivity index (χ2n) is 4.93. The first-order chi connectivity index (χ1) is 10.7. The summed E-state index contributed by atoms with van der Waals surface area (Å²) in [4.78, 5) is 29.5. The van der Waals surface area contributed by atoms with Crippen LogP contribution in [0.1, 0.15) is 10.5 Å². The van der Waals surface area contributed by atoms with E-state index in [1.165, 1.54) is 4.57 Å². The number of anilines is 1. The van der Waals surface area contributed by atoms with Crippen LogP contribution < -0.4 is 14.5 Å². The van der Waals surface area contributed by atoms with Gasteiger partial charge in [0.25, 0.3) is 11.2 Å². The van der Waals surface area contributed by atoms with E-state index in [0.717, 1.165) is 10.4 Å². The Morgan fingerprint density at radius 1 is 1.05 bits per heavy atom. The number of carbonyl (C=O) groups excluding carboxylic acids is 2. The zero-order chi connectivity index (χ0) is 15.3. The van der Waals surface area contributed by atoms with Gasteiger partial charge >= 0.3 is 11.9 Å². The van der Waals surface area contributed by atoms with Crippen molar-refractivity contribution in [1.82, 2.24) is 0 Å². The van der Waals surface area contributed by atoms with E-state index >= 15 is 0 Å². The maximum absolute atomic E-state index is 12.7. The minimum absolute atomic E-state index is 0.295. The van der Waals surface area contributed by atoms with Crippen molar-refractivity contribution >= 4 is 40.3 Å². The van der Waals surface area contributed by atoms with Crippen molar-refractivity contribution in [2.45, 2.75) is 0 Å². The van der Waals surface area contributed by atoms with Gasteiger partial charge in [0.15, 0.2) is 0 Å². The molecule has 0 saturated heterocycles. The van der Waals surface area contributed by atoms with Gasteiger partial charge in [0.1, 0.15) is 5.69 Å². The number of halogens is 1. The summed E-state index contributed by atoms with van der Waals surface area (Å²) in [5.41, 5.74) is 2.18. The Labute approximate surface area is 130 Å². The van der Waals surface area contributed by atoms with Crippen molar-refractivity contribution < 1.29 is 19.1 Å². The normalized spacial score (nSPS) is 13.8. The Balaban J connectivity index is 1.95. The fraction of sp³-hybridized carbons (Fsp3) is 0. The molecule has 2 heterocycles. The number of hydrogen-bond donors (Lipinski definition) is 0. The average Bonchev–Trinajstić information content (AvgIpc) is 2.79. The molecule has 0 bridgehead atoms. The number of amides is 2. The standard InChI is InChI=1S/C16H9ClN3O2/c17-10-4-3-5-11(8-10)19-15(21)14-9-18-12-6-1-2-7-13(12)20(14)16(19)22/h1-9H/q+1/p+1. The quantitative estimate of drug-likeness (QED) is 0.647. The minimum Gasteiger partial charge on any atom is -0.236 e. The van der Waals surface area contributed by atoms with Crippen molar-refractivity contribution in [1.29, 1.82) is 0 Å². The monoisotopic (exact) mass is 311 g/mol. The summed E-state index contributed by atoms with van der Waals surface area (Å²) < 4.78 is 1.41.